The largest absolute Gasteiger partial charge is 0.352 e. The Hall–Kier alpha value is -3.08. The molecule has 3 heterocycles. The maximum absolute atomic E-state index is 4.79. The monoisotopic (exact) mass is 331 g/mol. The van der Waals surface area contributed by atoms with Gasteiger partial charge in [0.05, 0.1) is 24.6 Å². The van der Waals surface area contributed by atoms with Gasteiger partial charge in [0.15, 0.2) is 0 Å². The van der Waals surface area contributed by atoms with Crippen LogP contribution >= 0.6 is 0 Å². The number of H-pyrrole nitrogens is 1. The lowest BCUT2D eigenvalue weighted by Crippen LogP contribution is -2.25. The first-order chi connectivity index (χ1) is 12.3. The third-order valence-corrected chi connectivity index (χ3v) is 4.23. The van der Waals surface area contributed by atoms with Crippen molar-refractivity contribution in [3.8, 4) is 0 Å². The summed E-state index contributed by atoms with van der Waals surface area (Å²) in [6, 6.07) is 18.7. The van der Waals surface area contributed by atoms with Crippen molar-refractivity contribution in [1.29, 1.82) is 0 Å². The van der Waals surface area contributed by atoms with Gasteiger partial charge in [-0.2, -0.15) is 5.10 Å². The average Bonchev–Trinajstić information content (AvgIpc) is 3.25. The number of aryl methyl sites for hydroxylation is 1. The molecule has 1 aliphatic heterocycles. The molecule has 1 N–H and O–H groups in total. The summed E-state index contributed by atoms with van der Waals surface area (Å²) in [5, 5.41) is 7.28. The minimum atomic E-state index is 0.754. The van der Waals surface area contributed by atoms with Gasteiger partial charge < -0.3 is 9.80 Å². The smallest absolute Gasteiger partial charge is 0.0946 e. The van der Waals surface area contributed by atoms with Crippen LogP contribution in [0.3, 0.4) is 0 Å². The molecule has 5 nitrogen and oxygen atoms in total. The first-order valence-electron chi connectivity index (χ1n) is 8.46. The zero-order valence-electron chi connectivity index (χ0n) is 14.3. The minimum Gasteiger partial charge on any atom is -0.352 e. The Balaban J connectivity index is 1.40. The van der Waals surface area contributed by atoms with E-state index in [2.05, 4.69) is 80.9 Å². The second kappa shape index (κ2) is 6.81. The van der Waals surface area contributed by atoms with E-state index in [1.54, 1.807) is 0 Å². The molecule has 1 aromatic carbocycles. The summed E-state index contributed by atoms with van der Waals surface area (Å²) in [7, 11) is 0. The van der Waals surface area contributed by atoms with E-state index >= 15 is 0 Å². The Morgan fingerprint density at radius 1 is 0.960 bits per heavy atom. The van der Waals surface area contributed by atoms with Gasteiger partial charge in [0.25, 0.3) is 0 Å². The molecule has 0 spiro atoms. The van der Waals surface area contributed by atoms with Crippen LogP contribution in [0.1, 0.15) is 22.8 Å². The van der Waals surface area contributed by atoms with Gasteiger partial charge in [-0.1, -0.05) is 24.3 Å². The van der Waals surface area contributed by atoms with E-state index in [4.69, 9.17) is 4.98 Å². The number of hydrogen-bond donors (Lipinski definition) is 1. The number of pyridine rings is 1. The Morgan fingerprint density at radius 3 is 2.60 bits per heavy atom. The van der Waals surface area contributed by atoms with E-state index < -0.39 is 0 Å². The van der Waals surface area contributed by atoms with Crippen LogP contribution in [-0.4, -0.2) is 26.7 Å². The molecule has 4 rings (SSSR count). The van der Waals surface area contributed by atoms with E-state index in [0.29, 0.717) is 0 Å². The summed E-state index contributed by atoms with van der Waals surface area (Å²) >= 11 is 0. The van der Waals surface area contributed by atoms with Gasteiger partial charge >= 0.3 is 0 Å². The maximum Gasteiger partial charge on any atom is 0.0946 e. The third-order valence-electron chi connectivity index (χ3n) is 4.23. The molecular weight excluding hydrogens is 310 g/mol. The van der Waals surface area contributed by atoms with Gasteiger partial charge in [-0.05, 0) is 37.3 Å². The lowest BCUT2D eigenvalue weighted by Gasteiger charge is -2.21. The average molecular weight is 331 g/mol. The minimum absolute atomic E-state index is 0.754. The normalized spacial score (nSPS) is 13.6. The lowest BCUT2D eigenvalue weighted by molar-refractivity contribution is 0.394. The first kappa shape index (κ1) is 15.4. The van der Waals surface area contributed by atoms with Crippen LogP contribution in [0.2, 0.25) is 0 Å². The van der Waals surface area contributed by atoms with Crippen LogP contribution in [-0.2, 0) is 13.0 Å². The van der Waals surface area contributed by atoms with Gasteiger partial charge in [0.1, 0.15) is 0 Å². The molecule has 0 fully saturated rings. The fraction of sp³-hybridized carbons (Fsp3) is 0.200. The highest BCUT2D eigenvalue weighted by Gasteiger charge is 2.14. The SMILES string of the molecule is Cc1cc(Cc2cccc(CN3C=CN(c4ccccc4)C3)n2)n[nH]1. The van der Waals surface area contributed by atoms with Crippen LogP contribution in [0.25, 0.3) is 0 Å². The molecule has 0 saturated carbocycles. The third kappa shape index (κ3) is 3.71. The molecule has 3 aromatic rings. The van der Waals surface area contributed by atoms with Crippen molar-refractivity contribution >= 4 is 5.69 Å². The van der Waals surface area contributed by atoms with Crippen molar-refractivity contribution < 1.29 is 0 Å². The number of anilines is 1. The molecule has 0 saturated heterocycles. The van der Waals surface area contributed by atoms with Crippen LogP contribution in [0.5, 0.6) is 0 Å². The maximum atomic E-state index is 4.79. The lowest BCUT2D eigenvalue weighted by atomic mass is 10.2. The summed E-state index contributed by atoms with van der Waals surface area (Å²) in [5.74, 6) is 0. The molecule has 2 aromatic heterocycles. The molecule has 0 bridgehead atoms. The summed E-state index contributed by atoms with van der Waals surface area (Å²) in [6.45, 7) is 3.65. The predicted molar refractivity (Wildman–Crippen MR) is 98.8 cm³/mol. The zero-order chi connectivity index (χ0) is 17.1. The number of aromatic nitrogens is 3. The quantitative estimate of drug-likeness (QED) is 0.778. The van der Waals surface area contributed by atoms with Crippen molar-refractivity contribution in [3.63, 3.8) is 0 Å². The molecule has 0 atom stereocenters. The Bertz CT molecular complexity index is 869. The Morgan fingerprint density at radius 2 is 1.80 bits per heavy atom. The van der Waals surface area contributed by atoms with E-state index in [1.807, 2.05) is 13.0 Å². The molecule has 5 heteroatoms. The van der Waals surface area contributed by atoms with Crippen LogP contribution in [0, 0.1) is 6.92 Å². The van der Waals surface area contributed by atoms with Crippen molar-refractivity contribution in [3.05, 3.63) is 89.8 Å². The highest BCUT2D eigenvalue weighted by atomic mass is 15.3. The second-order valence-electron chi connectivity index (χ2n) is 6.33. The van der Waals surface area contributed by atoms with Crippen molar-refractivity contribution in [2.45, 2.75) is 19.9 Å². The predicted octanol–water partition coefficient (Wildman–Crippen LogP) is 3.45. The molecule has 126 valence electrons. The van der Waals surface area contributed by atoms with Crippen molar-refractivity contribution in [1.82, 2.24) is 20.1 Å². The highest BCUT2D eigenvalue weighted by molar-refractivity contribution is 5.49. The number of rotatable bonds is 5. The molecule has 0 radical (unpaired) electrons. The number of aromatic amines is 1. The van der Waals surface area contributed by atoms with E-state index in [0.717, 1.165) is 42.4 Å². The molecular formula is C20H21N5. The van der Waals surface area contributed by atoms with Gasteiger partial charge in [0, 0.05) is 35.9 Å². The van der Waals surface area contributed by atoms with Crippen molar-refractivity contribution in [2.24, 2.45) is 0 Å². The number of nitrogens with one attached hydrogen (secondary N) is 1. The topological polar surface area (TPSA) is 48.1 Å². The van der Waals surface area contributed by atoms with Crippen LogP contribution in [0.4, 0.5) is 5.69 Å². The fourth-order valence-electron chi connectivity index (χ4n) is 3.03. The van der Waals surface area contributed by atoms with Gasteiger partial charge in [0.2, 0.25) is 0 Å². The fourth-order valence-corrected chi connectivity index (χ4v) is 3.03. The number of nitrogens with zero attached hydrogens (tertiary/aromatic N) is 4. The molecule has 0 unspecified atom stereocenters. The molecule has 1 aliphatic rings. The Kier molecular flexibility index (Phi) is 4.21. The number of hydrogen-bond acceptors (Lipinski definition) is 4. The summed E-state index contributed by atoms with van der Waals surface area (Å²) in [6.07, 6.45) is 4.99. The molecule has 0 aliphatic carbocycles. The van der Waals surface area contributed by atoms with Gasteiger partial charge in [-0.25, -0.2) is 0 Å². The van der Waals surface area contributed by atoms with E-state index in [9.17, 15) is 0 Å². The number of benzene rings is 1. The molecule has 25 heavy (non-hydrogen) atoms. The summed E-state index contributed by atoms with van der Waals surface area (Å²) in [4.78, 5) is 9.28. The Labute approximate surface area is 147 Å². The van der Waals surface area contributed by atoms with Gasteiger partial charge in [-0.15, -0.1) is 0 Å². The summed E-state index contributed by atoms with van der Waals surface area (Å²) < 4.78 is 0. The second-order valence-corrected chi connectivity index (χ2v) is 6.33. The van der Waals surface area contributed by atoms with E-state index in [1.165, 1.54) is 5.69 Å². The standard InChI is InChI=1S/C20H21N5/c1-16-12-19(23-22-16)13-17-6-5-7-18(21-17)14-24-10-11-25(15-24)20-8-3-2-4-9-20/h2-12H,13-15H2,1H3,(H,22,23). The summed E-state index contributed by atoms with van der Waals surface area (Å²) in [5.41, 5.74) is 5.43. The highest BCUT2D eigenvalue weighted by Crippen LogP contribution is 2.19. The first-order valence-corrected chi connectivity index (χ1v) is 8.46. The van der Waals surface area contributed by atoms with Crippen molar-refractivity contribution in [2.75, 3.05) is 11.6 Å². The van der Waals surface area contributed by atoms with Crippen LogP contribution < -0.4 is 4.90 Å². The van der Waals surface area contributed by atoms with E-state index in [-0.39, 0.29) is 0 Å². The zero-order valence-corrected chi connectivity index (χ0v) is 14.3. The number of para-hydroxylation sites is 1. The van der Waals surface area contributed by atoms with Gasteiger partial charge in [-0.3, -0.25) is 10.1 Å². The molecule has 0 amide bonds. The van der Waals surface area contributed by atoms with Crippen LogP contribution in [0.15, 0.2) is 67.0 Å².